The van der Waals surface area contributed by atoms with Gasteiger partial charge in [-0.3, -0.25) is 4.90 Å². The first-order chi connectivity index (χ1) is 22.4. The van der Waals surface area contributed by atoms with E-state index in [0.717, 1.165) is 28.3 Å². The van der Waals surface area contributed by atoms with Crippen LogP contribution >= 0.6 is 0 Å². The number of fused-ring (bicyclic) bond motifs is 2. The average Bonchev–Trinajstić information content (AvgIpc) is 3.13. The Morgan fingerprint density at radius 1 is 0.378 bits per heavy atom. The van der Waals surface area contributed by atoms with Crippen molar-refractivity contribution in [2.75, 3.05) is 4.90 Å². The Morgan fingerprint density at radius 2 is 0.911 bits per heavy atom. The number of hydrogen-bond acceptors (Lipinski definition) is 2. The van der Waals surface area contributed by atoms with E-state index in [0.29, 0.717) is 0 Å². The molecule has 0 bridgehead atoms. The maximum atomic E-state index is 4.93. The first-order valence-corrected chi connectivity index (χ1v) is 15.3. The monoisotopic (exact) mass is 574 g/mol. The van der Waals surface area contributed by atoms with Gasteiger partial charge >= 0.3 is 0 Å². The van der Waals surface area contributed by atoms with Crippen LogP contribution in [0.4, 0.5) is 17.2 Å². The number of aromatic nitrogens is 1. The number of rotatable bonds is 6. The van der Waals surface area contributed by atoms with Gasteiger partial charge in [-0.25, -0.2) is 4.98 Å². The van der Waals surface area contributed by atoms with Crippen LogP contribution < -0.4 is 4.90 Å². The van der Waals surface area contributed by atoms with Gasteiger partial charge in [0.05, 0.1) is 11.4 Å². The van der Waals surface area contributed by atoms with Crippen molar-refractivity contribution in [1.29, 1.82) is 0 Å². The molecule has 0 saturated carbocycles. The maximum absolute atomic E-state index is 4.93. The lowest BCUT2D eigenvalue weighted by molar-refractivity contribution is 1.19. The molecule has 8 rings (SSSR count). The molecule has 0 aliphatic carbocycles. The number of pyridine rings is 1. The number of para-hydroxylation sites is 1. The molecule has 1 heterocycles. The van der Waals surface area contributed by atoms with E-state index in [4.69, 9.17) is 4.98 Å². The van der Waals surface area contributed by atoms with Gasteiger partial charge in [0.1, 0.15) is 5.82 Å². The molecule has 0 amide bonds. The van der Waals surface area contributed by atoms with Gasteiger partial charge in [-0.15, -0.1) is 0 Å². The minimum Gasteiger partial charge on any atom is -0.293 e. The molecule has 7 aromatic carbocycles. The van der Waals surface area contributed by atoms with Crippen LogP contribution in [0.2, 0.25) is 0 Å². The molecule has 1 aromatic heterocycles. The van der Waals surface area contributed by atoms with Crippen molar-refractivity contribution in [3.05, 3.63) is 182 Å². The molecule has 0 unspecified atom stereocenters. The third kappa shape index (κ3) is 4.83. The molecule has 212 valence electrons. The lowest BCUT2D eigenvalue weighted by Crippen LogP contribution is -2.14. The molecule has 0 fully saturated rings. The van der Waals surface area contributed by atoms with E-state index in [2.05, 4.69) is 175 Å². The Labute approximate surface area is 263 Å². The van der Waals surface area contributed by atoms with Crippen molar-refractivity contribution in [1.82, 2.24) is 4.98 Å². The summed E-state index contributed by atoms with van der Waals surface area (Å²) in [6.45, 7) is 0. The second-order valence-corrected chi connectivity index (χ2v) is 11.2. The van der Waals surface area contributed by atoms with E-state index >= 15 is 0 Å². The van der Waals surface area contributed by atoms with E-state index in [1.54, 1.807) is 0 Å². The van der Waals surface area contributed by atoms with E-state index < -0.39 is 0 Å². The summed E-state index contributed by atoms with van der Waals surface area (Å²) in [4.78, 5) is 7.28. The highest BCUT2D eigenvalue weighted by Gasteiger charge is 2.24. The van der Waals surface area contributed by atoms with Gasteiger partial charge in [-0.2, -0.15) is 0 Å². The number of hydrogen-bond donors (Lipinski definition) is 0. The normalized spacial score (nSPS) is 11.1. The Hall–Kier alpha value is -5.99. The predicted octanol–water partition coefficient (Wildman–Crippen LogP) is 11.9. The Kier molecular flexibility index (Phi) is 6.86. The van der Waals surface area contributed by atoms with Crippen LogP contribution in [0.5, 0.6) is 0 Å². The smallest absolute Gasteiger partial charge is 0.137 e. The summed E-state index contributed by atoms with van der Waals surface area (Å²) in [7, 11) is 0. The van der Waals surface area contributed by atoms with Gasteiger partial charge in [0.2, 0.25) is 0 Å². The summed E-state index contributed by atoms with van der Waals surface area (Å²) in [6.07, 6.45) is 1.88. The summed E-state index contributed by atoms with van der Waals surface area (Å²) < 4.78 is 0. The van der Waals surface area contributed by atoms with Crippen LogP contribution in [0.1, 0.15) is 0 Å². The van der Waals surface area contributed by atoms with Crippen molar-refractivity contribution in [3.63, 3.8) is 0 Å². The van der Waals surface area contributed by atoms with Crippen LogP contribution in [0.25, 0.3) is 54.9 Å². The van der Waals surface area contributed by atoms with Crippen LogP contribution in [-0.4, -0.2) is 4.98 Å². The first-order valence-electron chi connectivity index (χ1n) is 15.3. The summed E-state index contributed by atoms with van der Waals surface area (Å²) in [5.74, 6) is 0.870. The van der Waals surface area contributed by atoms with Gasteiger partial charge in [0.15, 0.2) is 0 Å². The molecule has 8 aromatic rings. The molecule has 0 N–H and O–H groups in total. The van der Waals surface area contributed by atoms with E-state index in [1.807, 2.05) is 12.3 Å². The van der Waals surface area contributed by atoms with Crippen molar-refractivity contribution in [3.8, 4) is 33.4 Å². The molecule has 2 nitrogen and oxygen atoms in total. The molecule has 2 heteroatoms. The molecule has 0 atom stereocenters. The molecule has 0 spiro atoms. The summed E-state index contributed by atoms with van der Waals surface area (Å²) in [5.41, 5.74) is 9.36. The molecular weight excluding hydrogens is 544 g/mol. The fourth-order valence-electron chi connectivity index (χ4n) is 6.52. The van der Waals surface area contributed by atoms with Crippen molar-refractivity contribution in [2.45, 2.75) is 0 Å². The second-order valence-electron chi connectivity index (χ2n) is 11.2. The van der Waals surface area contributed by atoms with Crippen LogP contribution in [0.15, 0.2) is 182 Å². The molecule has 0 aliphatic rings. The van der Waals surface area contributed by atoms with Crippen LogP contribution in [-0.2, 0) is 0 Å². The number of nitrogens with zero attached hydrogens (tertiary/aromatic N) is 2. The summed E-state index contributed by atoms with van der Waals surface area (Å²) in [6, 6.07) is 62.5. The highest BCUT2D eigenvalue weighted by atomic mass is 15.2. The van der Waals surface area contributed by atoms with Gasteiger partial charge < -0.3 is 0 Å². The second kappa shape index (κ2) is 11.6. The minimum absolute atomic E-state index is 0.870. The molecule has 0 radical (unpaired) electrons. The van der Waals surface area contributed by atoms with Crippen LogP contribution in [0.3, 0.4) is 0 Å². The van der Waals surface area contributed by atoms with Gasteiger partial charge in [0, 0.05) is 22.5 Å². The zero-order valence-corrected chi connectivity index (χ0v) is 24.7. The highest BCUT2D eigenvalue weighted by molar-refractivity contribution is 6.22. The number of benzene rings is 7. The fourth-order valence-corrected chi connectivity index (χ4v) is 6.52. The maximum Gasteiger partial charge on any atom is 0.137 e. The highest BCUT2D eigenvalue weighted by Crippen LogP contribution is 2.49. The van der Waals surface area contributed by atoms with E-state index in [-0.39, 0.29) is 0 Å². The van der Waals surface area contributed by atoms with Crippen LogP contribution in [0, 0.1) is 0 Å². The molecule has 45 heavy (non-hydrogen) atoms. The fraction of sp³-hybridized carbons (Fsp3) is 0. The lowest BCUT2D eigenvalue weighted by atomic mass is 9.88. The summed E-state index contributed by atoms with van der Waals surface area (Å²) >= 11 is 0. The zero-order chi connectivity index (χ0) is 30.0. The Balaban J connectivity index is 1.46. The van der Waals surface area contributed by atoms with Crippen molar-refractivity contribution < 1.29 is 0 Å². The van der Waals surface area contributed by atoms with E-state index in [1.165, 1.54) is 43.8 Å². The SMILES string of the molecule is c1ccc(-c2cccc(-c3c4ccccc4c(N(c4ccccn4)c4ccccc4-c4ccccc4)c4ccccc34)c2)cc1. The van der Waals surface area contributed by atoms with Gasteiger partial charge in [-0.1, -0.05) is 152 Å². The zero-order valence-electron chi connectivity index (χ0n) is 24.7. The summed E-state index contributed by atoms with van der Waals surface area (Å²) in [5, 5.41) is 4.75. The lowest BCUT2D eigenvalue weighted by Gasteiger charge is -2.30. The first kappa shape index (κ1) is 26.6. The third-order valence-electron chi connectivity index (χ3n) is 8.49. The third-order valence-corrected chi connectivity index (χ3v) is 8.49. The Bertz CT molecular complexity index is 2200. The van der Waals surface area contributed by atoms with Gasteiger partial charge in [0.25, 0.3) is 0 Å². The predicted molar refractivity (Wildman–Crippen MR) is 190 cm³/mol. The standard InChI is InChI=1S/C43H30N2/c1-3-16-31(17-4-1)33-20-15-21-34(30-33)42-36-23-7-9-25-38(36)43(39-26-10-8-24-37(39)42)45(41-28-13-14-29-44-41)40-27-12-11-22-35(40)32-18-5-2-6-19-32/h1-30H. The molecular formula is C43H30N2. The van der Waals surface area contributed by atoms with E-state index in [9.17, 15) is 0 Å². The minimum atomic E-state index is 0.870. The van der Waals surface area contributed by atoms with Crippen molar-refractivity contribution >= 4 is 38.7 Å². The quantitative estimate of drug-likeness (QED) is 0.184. The largest absolute Gasteiger partial charge is 0.293 e. The topological polar surface area (TPSA) is 16.1 Å². The average molecular weight is 575 g/mol. The number of anilines is 3. The van der Waals surface area contributed by atoms with Gasteiger partial charge in [-0.05, 0) is 62.9 Å². The molecule has 0 aliphatic heterocycles. The Morgan fingerprint density at radius 3 is 1.58 bits per heavy atom. The van der Waals surface area contributed by atoms with Crippen molar-refractivity contribution in [2.24, 2.45) is 0 Å². The molecule has 0 saturated heterocycles.